The topological polar surface area (TPSA) is 65.2 Å². The van der Waals surface area contributed by atoms with Crippen LogP contribution in [0.1, 0.15) is 33.6 Å². The molecule has 1 aromatic heterocycles. The molecule has 30 heavy (non-hydrogen) atoms. The lowest BCUT2D eigenvalue weighted by molar-refractivity contribution is -0.142. The minimum absolute atomic E-state index is 0.0183. The van der Waals surface area contributed by atoms with Crippen molar-refractivity contribution >= 4 is 28.4 Å². The molecule has 156 valence electrons. The molecule has 5 heteroatoms. The molecule has 2 aromatic carbocycles. The SMILES string of the molecule is CC(C)(C)C(=O)N1CCCC(C(=O)Nc2cccc(-c3cc4ccccc4[nH]3)c2)C1. The molecule has 3 aromatic rings. The molecular weight excluding hydrogens is 374 g/mol. The number of carbonyl (C=O) groups excluding carboxylic acids is 2. The maximum atomic E-state index is 12.9. The van der Waals surface area contributed by atoms with Gasteiger partial charge in [0, 0.05) is 46.4 Å². The molecule has 0 spiro atoms. The lowest BCUT2D eigenvalue weighted by Crippen LogP contribution is -2.47. The number of likely N-dealkylation sites (tertiary alicyclic amines) is 1. The van der Waals surface area contributed by atoms with E-state index in [1.54, 1.807) is 0 Å². The zero-order chi connectivity index (χ0) is 21.3. The Labute approximate surface area is 177 Å². The zero-order valence-electron chi connectivity index (χ0n) is 17.9. The third-order valence-electron chi connectivity index (χ3n) is 5.69. The number of aromatic nitrogens is 1. The standard InChI is InChI=1S/C25H29N3O2/c1-25(2,3)24(30)28-13-7-10-19(16-28)23(29)26-20-11-6-9-17(14-20)22-15-18-8-4-5-12-21(18)27-22/h4-6,8-9,11-12,14-15,19,27H,7,10,13,16H2,1-3H3,(H,26,29). The molecule has 0 bridgehead atoms. The summed E-state index contributed by atoms with van der Waals surface area (Å²) in [6, 6.07) is 18.2. The van der Waals surface area contributed by atoms with Gasteiger partial charge in [0.25, 0.3) is 0 Å². The molecule has 2 amide bonds. The van der Waals surface area contributed by atoms with Gasteiger partial charge in [-0.1, -0.05) is 51.1 Å². The molecule has 2 N–H and O–H groups in total. The van der Waals surface area contributed by atoms with Crippen LogP contribution < -0.4 is 5.32 Å². The predicted molar refractivity (Wildman–Crippen MR) is 121 cm³/mol. The summed E-state index contributed by atoms with van der Waals surface area (Å²) in [6.07, 6.45) is 1.66. The Morgan fingerprint density at radius 2 is 1.87 bits per heavy atom. The van der Waals surface area contributed by atoms with Crippen LogP contribution >= 0.6 is 0 Å². The maximum absolute atomic E-state index is 12.9. The van der Waals surface area contributed by atoms with Gasteiger partial charge in [0.2, 0.25) is 11.8 Å². The minimum atomic E-state index is -0.424. The molecule has 1 atom stereocenters. The van der Waals surface area contributed by atoms with Gasteiger partial charge in [-0.2, -0.15) is 0 Å². The second-order valence-electron chi connectivity index (χ2n) is 9.18. The number of aromatic amines is 1. The molecule has 0 aliphatic carbocycles. The Morgan fingerprint density at radius 1 is 1.07 bits per heavy atom. The summed E-state index contributed by atoms with van der Waals surface area (Å²) < 4.78 is 0. The zero-order valence-corrected chi connectivity index (χ0v) is 17.9. The highest BCUT2D eigenvalue weighted by molar-refractivity contribution is 5.94. The normalized spacial score (nSPS) is 17.2. The maximum Gasteiger partial charge on any atom is 0.229 e. The lowest BCUT2D eigenvalue weighted by atomic mass is 9.91. The lowest BCUT2D eigenvalue weighted by Gasteiger charge is -2.35. The molecule has 0 saturated carbocycles. The summed E-state index contributed by atoms with van der Waals surface area (Å²) in [5.74, 6) is -0.0854. The number of nitrogens with zero attached hydrogens (tertiary/aromatic N) is 1. The number of anilines is 1. The van der Waals surface area contributed by atoms with Gasteiger partial charge < -0.3 is 15.2 Å². The average Bonchev–Trinajstić information content (AvgIpc) is 3.17. The van der Waals surface area contributed by atoms with E-state index in [0.717, 1.165) is 47.2 Å². The minimum Gasteiger partial charge on any atom is -0.355 e. The van der Waals surface area contributed by atoms with Crippen molar-refractivity contribution in [2.24, 2.45) is 11.3 Å². The number of fused-ring (bicyclic) bond motifs is 1. The molecule has 2 heterocycles. The fraction of sp³-hybridized carbons (Fsp3) is 0.360. The number of piperidine rings is 1. The van der Waals surface area contributed by atoms with Gasteiger partial charge in [-0.15, -0.1) is 0 Å². The number of amides is 2. The molecular formula is C25H29N3O2. The number of nitrogens with one attached hydrogen (secondary N) is 2. The molecule has 4 rings (SSSR count). The number of hydrogen-bond donors (Lipinski definition) is 2. The highest BCUT2D eigenvalue weighted by atomic mass is 16.2. The highest BCUT2D eigenvalue weighted by Crippen LogP contribution is 2.27. The largest absolute Gasteiger partial charge is 0.355 e. The van der Waals surface area contributed by atoms with Crippen LogP contribution in [0.25, 0.3) is 22.2 Å². The van der Waals surface area contributed by atoms with Crippen molar-refractivity contribution in [2.75, 3.05) is 18.4 Å². The van der Waals surface area contributed by atoms with E-state index in [0.29, 0.717) is 6.54 Å². The summed E-state index contributed by atoms with van der Waals surface area (Å²) in [6.45, 7) is 7.00. The van der Waals surface area contributed by atoms with Crippen LogP contribution in [0.3, 0.4) is 0 Å². The van der Waals surface area contributed by atoms with E-state index in [1.807, 2.05) is 62.1 Å². The predicted octanol–water partition coefficient (Wildman–Crippen LogP) is 5.06. The summed E-state index contributed by atoms with van der Waals surface area (Å²) >= 11 is 0. The van der Waals surface area contributed by atoms with Crippen LogP contribution in [0.2, 0.25) is 0 Å². The Kier molecular flexibility index (Phi) is 5.37. The molecule has 1 aliphatic heterocycles. The number of carbonyl (C=O) groups is 2. The Balaban J connectivity index is 1.47. The molecule has 1 unspecified atom stereocenters. The van der Waals surface area contributed by atoms with Gasteiger partial charge in [0.1, 0.15) is 0 Å². The number of benzene rings is 2. The quantitative estimate of drug-likeness (QED) is 0.642. The first-order chi connectivity index (χ1) is 14.3. The Hall–Kier alpha value is -3.08. The Bertz CT molecular complexity index is 1040. The van der Waals surface area contributed by atoms with Gasteiger partial charge in [-0.3, -0.25) is 9.59 Å². The van der Waals surface area contributed by atoms with Crippen molar-refractivity contribution in [1.82, 2.24) is 9.88 Å². The summed E-state index contributed by atoms with van der Waals surface area (Å²) in [7, 11) is 0. The third kappa shape index (κ3) is 4.25. The molecule has 5 nitrogen and oxygen atoms in total. The van der Waals surface area contributed by atoms with Crippen LogP contribution in [0.15, 0.2) is 54.6 Å². The third-order valence-corrected chi connectivity index (χ3v) is 5.69. The van der Waals surface area contributed by atoms with Crippen LogP contribution in [-0.2, 0) is 9.59 Å². The first-order valence-electron chi connectivity index (χ1n) is 10.6. The fourth-order valence-electron chi connectivity index (χ4n) is 4.09. The number of para-hydroxylation sites is 1. The monoisotopic (exact) mass is 403 g/mol. The number of rotatable bonds is 3. The summed E-state index contributed by atoms with van der Waals surface area (Å²) in [4.78, 5) is 30.8. The van der Waals surface area contributed by atoms with Crippen LogP contribution in [0.4, 0.5) is 5.69 Å². The first-order valence-corrected chi connectivity index (χ1v) is 10.6. The smallest absolute Gasteiger partial charge is 0.229 e. The van der Waals surface area contributed by atoms with Gasteiger partial charge in [0.05, 0.1) is 5.92 Å². The van der Waals surface area contributed by atoms with Crippen molar-refractivity contribution in [3.05, 3.63) is 54.6 Å². The fourth-order valence-corrected chi connectivity index (χ4v) is 4.09. The van der Waals surface area contributed by atoms with Gasteiger partial charge in [-0.05, 0) is 37.1 Å². The Morgan fingerprint density at radius 3 is 2.63 bits per heavy atom. The van der Waals surface area contributed by atoms with Crippen LogP contribution in [-0.4, -0.2) is 34.8 Å². The number of H-pyrrole nitrogens is 1. The second kappa shape index (κ2) is 7.98. The van der Waals surface area contributed by atoms with Crippen LogP contribution in [0, 0.1) is 11.3 Å². The van der Waals surface area contributed by atoms with E-state index in [1.165, 1.54) is 0 Å². The van der Waals surface area contributed by atoms with Crippen molar-refractivity contribution in [1.29, 1.82) is 0 Å². The average molecular weight is 404 g/mol. The van der Waals surface area contributed by atoms with E-state index in [-0.39, 0.29) is 17.7 Å². The molecule has 0 radical (unpaired) electrons. The van der Waals surface area contributed by atoms with E-state index >= 15 is 0 Å². The van der Waals surface area contributed by atoms with Crippen molar-refractivity contribution in [3.8, 4) is 11.3 Å². The van der Waals surface area contributed by atoms with E-state index in [2.05, 4.69) is 28.5 Å². The van der Waals surface area contributed by atoms with Crippen LogP contribution in [0.5, 0.6) is 0 Å². The summed E-state index contributed by atoms with van der Waals surface area (Å²) in [5.41, 5.74) is 3.49. The molecule has 1 fully saturated rings. The highest BCUT2D eigenvalue weighted by Gasteiger charge is 2.33. The van der Waals surface area contributed by atoms with Gasteiger partial charge >= 0.3 is 0 Å². The molecule has 1 aliphatic rings. The van der Waals surface area contributed by atoms with Crippen molar-refractivity contribution < 1.29 is 9.59 Å². The van der Waals surface area contributed by atoms with E-state index in [4.69, 9.17) is 0 Å². The van der Waals surface area contributed by atoms with Gasteiger partial charge in [-0.25, -0.2) is 0 Å². The number of hydrogen-bond acceptors (Lipinski definition) is 2. The van der Waals surface area contributed by atoms with Crippen molar-refractivity contribution in [3.63, 3.8) is 0 Å². The molecule has 1 saturated heterocycles. The van der Waals surface area contributed by atoms with E-state index < -0.39 is 5.41 Å². The summed E-state index contributed by atoms with van der Waals surface area (Å²) in [5, 5.41) is 4.22. The van der Waals surface area contributed by atoms with E-state index in [9.17, 15) is 9.59 Å². The second-order valence-corrected chi connectivity index (χ2v) is 9.18. The van der Waals surface area contributed by atoms with Gasteiger partial charge in [0.15, 0.2) is 0 Å². The van der Waals surface area contributed by atoms with Crippen molar-refractivity contribution in [2.45, 2.75) is 33.6 Å². The first kappa shape index (κ1) is 20.2.